The van der Waals surface area contributed by atoms with Crippen molar-refractivity contribution >= 4 is 34.2 Å². The number of amides is 1. The first-order valence-electron chi connectivity index (χ1n) is 12.0. The number of halogens is 4. The second kappa shape index (κ2) is 10.7. The smallest absolute Gasteiger partial charge is 0.378 e. The van der Waals surface area contributed by atoms with Crippen molar-refractivity contribution in [3.8, 4) is 6.07 Å². The molecule has 1 N–H and O–H groups in total. The van der Waals surface area contributed by atoms with Gasteiger partial charge in [-0.25, -0.2) is 9.37 Å². The Hall–Kier alpha value is -4.89. The van der Waals surface area contributed by atoms with E-state index in [0.29, 0.717) is 49.2 Å². The van der Waals surface area contributed by atoms with Crippen LogP contribution in [0.1, 0.15) is 37.4 Å². The molecule has 0 bridgehead atoms. The van der Waals surface area contributed by atoms with Crippen molar-refractivity contribution in [1.29, 1.82) is 5.26 Å². The number of ketones is 1. The Balaban J connectivity index is 1.36. The number of hydrogen-bond donors (Lipinski definition) is 1. The summed E-state index contributed by atoms with van der Waals surface area (Å²) in [5.41, 5.74) is -1.41. The highest BCUT2D eigenvalue weighted by Gasteiger charge is 2.34. The third-order valence-electron chi connectivity index (χ3n) is 6.31. The van der Waals surface area contributed by atoms with Gasteiger partial charge in [-0.1, -0.05) is 0 Å². The molecular weight excluding hydrogens is 530 g/mol. The third kappa shape index (κ3) is 5.45. The van der Waals surface area contributed by atoms with Gasteiger partial charge in [0.25, 0.3) is 5.91 Å². The molecule has 1 saturated heterocycles. The molecule has 1 aromatic heterocycles. The average Bonchev–Trinajstić information content (AvgIpc) is 2.96. The standard InChI is InChI=1S/C28H19F4N5O3/c29-22-13-19(35-27(39)17-1-2-18(14-33)21(11-17)28(30,31)32)4-5-20(22)26(38)16-3-6-23-24(12-16)36-25(15-34-23)37-7-9-40-10-8-37/h1-6,11-13,15H,7-10H2,(H,35,39). The molecule has 2 heterocycles. The maximum Gasteiger partial charge on any atom is 0.417 e. The van der Waals surface area contributed by atoms with Crippen molar-refractivity contribution in [3.63, 3.8) is 0 Å². The molecule has 0 unspecified atom stereocenters. The molecule has 0 spiro atoms. The number of carbonyl (C=O) groups excluding carboxylic acids is 2. The van der Waals surface area contributed by atoms with Gasteiger partial charge in [-0.15, -0.1) is 0 Å². The van der Waals surface area contributed by atoms with Gasteiger partial charge >= 0.3 is 6.18 Å². The van der Waals surface area contributed by atoms with Crippen LogP contribution in [0.25, 0.3) is 11.0 Å². The second-order valence-electron chi connectivity index (χ2n) is 8.88. The van der Waals surface area contributed by atoms with E-state index in [-0.39, 0.29) is 22.4 Å². The number of aromatic nitrogens is 2. The molecule has 4 aromatic rings. The van der Waals surface area contributed by atoms with Gasteiger partial charge in [0.2, 0.25) is 0 Å². The molecule has 202 valence electrons. The van der Waals surface area contributed by atoms with Crippen molar-refractivity contribution in [3.05, 3.63) is 94.4 Å². The summed E-state index contributed by atoms with van der Waals surface area (Å²) in [7, 11) is 0. The Labute approximate surface area is 224 Å². The molecule has 3 aromatic carbocycles. The SMILES string of the molecule is N#Cc1ccc(C(=O)Nc2ccc(C(=O)c3ccc4ncc(N5CCOCC5)nc4c3)c(F)c2)cc1C(F)(F)F. The van der Waals surface area contributed by atoms with E-state index in [4.69, 9.17) is 10.00 Å². The highest BCUT2D eigenvalue weighted by molar-refractivity contribution is 6.11. The Kier molecular flexibility index (Phi) is 7.15. The highest BCUT2D eigenvalue weighted by atomic mass is 19.4. The highest BCUT2D eigenvalue weighted by Crippen LogP contribution is 2.32. The predicted molar refractivity (Wildman–Crippen MR) is 137 cm³/mol. The van der Waals surface area contributed by atoms with Gasteiger partial charge in [-0.2, -0.15) is 18.4 Å². The molecule has 12 heteroatoms. The molecule has 5 rings (SSSR count). The lowest BCUT2D eigenvalue weighted by atomic mass is 10.0. The molecule has 40 heavy (non-hydrogen) atoms. The fourth-order valence-corrected chi connectivity index (χ4v) is 4.24. The van der Waals surface area contributed by atoms with Gasteiger partial charge < -0.3 is 15.0 Å². The Morgan fingerprint density at radius 1 is 0.975 bits per heavy atom. The van der Waals surface area contributed by atoms with Crippen molar-refractivity contribution in [2.45, 2.75) is 6.18 Å². The molecule has 1 aliphatic rings. The van der Waals surface area contributed by atoms with Crippen molar-refractivity contribution in [2.75, 3.05) is 36.5 Å². The van der Waals surface area contributed by atoms with E-state index in [0.717, 1.165) is 18.2 Å². The summed E-state index contributed by atoms with van der Waals surface area (Å²) >= 11 is 0. The number of alkyl halides is 3. The number of morpholine rings is 1. The van der Waals surface area contributed by atoms with Crippen molar-refractivity contribution in [2.24, 2.45) is 0 Å². The Morgan fingerprint density at radius 2 is 1.73 bits per heavy atom. The number of rotatable bonds is 5. The number of benzene rings is 3. The van der Waals surface area contributed by atoms with Crippen LogP contribution in [0.4, 0.5) is 29.1 Å². The van der Waals surface area contributed by atoms with E-state index >= 15 is 0 Å². The molecular formula is C28H19F4N5O3. The molecule has 8 nitrogen and oxygen atoms in total. The van der Waals surface area contributed by atoms with Crippen molar-refractivity contribution in [1.82, 2.24) is 9.97 Å². The first-order chi connectivity index (χ1) is 19.1. The zero-order valence-electron chi connectivity index (χ0n) is 20.6. The van der Waals surface area contributed by atoms with E-state index in [2.05, 4.69) is 15.3 Å². The summed E-state index contributed by atoms with van der Waals surface area (Å²) in [4.78, 5) is 36.6. The Morgan fingerprint density at radius 3 is 2.42 bits per heavy atom. The quantitative estimate of drug-likeness (QED) is 0.276. The topological polar surface area (TPSA) is 108 Å². The van der Waals surface area contributed by atoms with Crippen molar-refractivity contribution < 1.29 is 31.9 Å². The summed E-state index contributed by atoms with van der Waals surface area (Å²) in [5.74, 6) is -1.88. The number of nitrogens with zero attached hydrogens (tertiary/aromatic N) is 4. The van der Waals surface area contributed by atoms with Crippen LogP contribution in [0, 0.1) is 17.1 Å². The average molecular weight is 549 g/mol. The summed E-state index contributed by atoms with van der Waals surface area (Å²) in [6.07, 6.45) is -3.20. The third-order valence-corrected chi connectivity index (χ3v) is 6.31. The fraction of sp³-hybridized carbons (Fsp3) is 0.179. The van der Waals surface area contributed by atoms with Crippen LogP contribution in [0.5, 0.6) is 0 Å². The molecule has 0 radical (unpaired) electrons. The van der Waals surface area contributed by atoms with Gasteiger partial charge in [-0.05, 0) is 54.6 Å². The number of ether oxygens (including phenoxy) is 1. The zero-order chi connectivity index (χ0) is 28.4. The molecule has 1 amide bonds. The van der Waals surface area contributed by atoms with E-state index < -0.39 is 34.8 Å². The molecule has 0 aliphatic carbocycles. The molecule has 1 fully saturated rings. The molecule has 1 aliphatic heterocycles. The minimum Gasteiger partial charge on any atom is -0.378 e. The van der Waals surface area contributed by atoms with Gasteiger partial charge in [0.15, 0.2) is 5.78 Å². The number of nitriles is 1. The summed E-state index contributed by atoms with van der Waals surface area (Å²) in [6, 6.07) is 11.9. The van der Waals surface area contributed by atoms with Crippen LogP contribution >= 0.6 is 0 Å². The van der Waals surface area contributed by atoms with Crippen LogP contribution in [0.2, 0.25) is 0 Å². The number of fused-ring (bicyclic) bond motifs is 1. The second-order valence-corrected chi connectivity index (χ2v) is 8.88. The Bertz CT molecular complexity index is 1680. The number of anilines is 2. The monoisotopic (exact) mass is 549 g/mol. The lowest BCUT2D eigenvalue weighted by molar-refractivity contribution is -0.137. The van der Waals surface area contributed by atoms with Crippen LogP contribution < -0.4 is 10.2 Å². The van der Waals surface area contributed by atoms with Gasteiger partial charge in [0.05, 0.1) is 53.2 Å². The predicted octanol–water partition coefficient (Wildman–Crippen LogP) is 4.98. The number of carbonyl (C=O) groups is 2. The van der Waals surface area contributed by atoms with Gasteiger partial charge in [0.1, 0.15) is 11.6 Å². The normalized spacial score (nSPS) is 13.6. The minimum atomic E-state index is -4.84. The van der Waals surface area contributed by atoms with E-state index in [1.54, 1.807) is 12.3 Å². The maximum atomic E-state index is 15.0. The largest absolute Gasteiger partial charge is 0.417 e. The maximum absolute atomic E-state index is 15.0. The summed E-state index contributed by atoms with van der Waals surface area (Å²) < 4.78 is 60.0. The summed E-state index contributed by atoms with van der Waals surface area (Å²) in [6.45, 7) is 2.44. The van der Waals surface area contributed by atoms with Crippen LogP contribution in [0.15, 0.2) is 60.8 Å². The molecule has 0 atom stereocenters. The van der Waals surface area contributed by atoms with E-state index in [1.165, 1.54) is 30.3 Å². The van der Waals surface area contributed by atoms with Crippen LogP contribution in [-0.2, 0) is 10.9 Å². The molecule has 0 saturated carbocycles. The zero-order valence-corrected chi connectivity index (χ0v) is 20.6. The van der Waals surface area contributed by atoms with E-state index in [1.807, 2.05) is 4.90 Å². The van der Waals surface area contributed by atoms with Crippen LogP contribution in [-0.4, -0.2) is 48.0 Å². The van der Waals surface area contributed by atoms with Crippen LogP contribution in [0.3, 0.4) is 0 Å². The fourth-order valence-electron chi connectivity index (χ4n) is 4.24. The lowest BCUT2D eigenvalue weighted by Crippen LogP contribution is -2.36. The first-order valence-corrected chi connectivity index (χ1v) is 12.0. The number of hydrogen-bond acceptors (Lipinski definition) is 7. The van der Waals surface area contributed by atoms with E-state index in [9.17, 15) is 27.2 Å². The van der Waals surface area contributed by atoms with Gasteiger partial charge in [-0.3, -0.25) is 14.6 Å². The van der Waals surface area contributed by atoms with Gasteiger partial charge in [0, 0.05) is 29.9 Å². The minimum absolute atomic E-state index is 0.0727. The summed E-state index contributed by atoms with van der Waals surface area (Å²) in [5, 5.41) is 11.2. The number of nitrogens with one attached hydrogen (secondary N) is 1. The first kappa shape index (κ1) is 26.7. The lowest BCUT2D eigenvalue weighted by Gasteiger charge is -2.27.